The molecule has 3 aromatic heterocycles. The van der Waals surface area contributed by atoms with Crippen molar-refractivity contribution < 1.29 is 8.78 Å². The molecular weight excluding hydrogens is 488 g/mol. The molecule has 0 aliphatic carbocycles. The Hall–Kier alpha value is -2.79. The summed E-state index contributed by atoms with van der Waals surface area (Å²) in [7, 11) is 3.21. The first-order valence-electron chi connectivity index (χ1n) is 11.3. The van der Waals surface area contributed by atoms with Gasteiger partial charge in [-0.25, -0.2) is 28.4 Å². The van der Waals surface area contributed by atoms with E-state index in [9.17, 15) is 8.78 Å². The van der Waals surface area contributed by atoms with Crippen LogP contribution in [0.25, 0.3) is 11.2 Å². The van der Waals surface area contributed by atoms with Crippen LogP contribution in [0.2, 0.25) is 0 Å². The van der Waals surface area contributed by atoms with Crippen molar-refractivity contribution in [2.45, 2.75) is 55.0 Å². The summed E-state index contributed by atoms with van der Waals surface area (Å²) in [5.41, 5.74) is 1.68. The Kier molecular flexibility index (Phi) is 6.39. The quantitative estimate of drug-likeness (QED) is 0.308. The van der Waals surface area contributed by atoms with Crippen LogP contribution < -0.4 is 4.90 Å². The number of hydrogen-bond acceptors (Lipinski definition) is 8. The molecule has 0 unspecified atom stereocenters. The third-order valence-electron chi connectivity index (χ3n) is 5.63. The molecule has 35 heavy (non-hydrogen) atoms. The highest BCUT2D eigenvalue weighted by atomic mass is 33.1. The molecule has 5 rings (SSSR count). The molecule has 182 valence electrons. The molecule has 1 aliphatic rings. The molecule has 1 aromatic carbocycles. The monoisotopic (exact) mass is 513 g/mol. The SMILES string of the molecule is CC(C)(C)c1nc(N2CCC(F)(F)C2)c2nnn(Cc3ccccc3SSc3ccccn3)c2n1. The van der Waals surface area contributed by atoms with Gasteiger partial charge in [0.1, 0.15) is 10.9 Å². The van der Waals surface area contributed by atoms with Gasteiger partial charge in [-0.1, -0.05) is 61.0 Å². The van der Waals surface area contributed by atoms with E-state index in [-0.39, 0.29) is 24.9 Å². The van der Waals surface area contributed by atoms with E-state index in [1.54, 1.807) is 37.4 Å². The second-order valence-corrected chi connectivity index (χ2v) is 11.7. The Morgan fingerprint density at radius 1 is 1.03 bits per heavy atom. The van der Waals surface area contributed by atoms with Gasteiger partial charge in [-0.05, 0) is 34.6 Å². The van der Waals surface area contributed by atoms with Gasteiger partial charge in [0.05, 0.1) is 13.1 Å². The zero-order chi connectivity index (χ0) is 24.6. The van der Waals surface area contributed by atoms with Crippen LogP contribution in [0, 0.1) is 0 Å². The summed E-state index contributed by atoms with van der Waals surface area (Å²) in [6.07, 6.45) is 1.58. The maximum Gasteiger partial charge on any atom is 0.266 e. The fraction of sp³-hybridized carbons (Fsp3) is 0.375. The second-order valence-electron chi connectivity index (χ2n) is 9.51. The van der Waals surface area contributed by atoms with E-state index in [0.29, 0.717) is 29.4 Å². The number of nitrogens with zero attached hydrogens (tertiary/aromatic N) is 7. The Bertz CT molecular complexity index is 1340. The Morgan fingerprint density at radius 2 is 1.83 bits per heavy atom. The number of fused-ring (bicyclic) bond motifs is 1. The predicted molar refractivity (Wildman–Crippen MR) is 135 cm³/mol. The molecular formula is C24H25F2N7S2. The van der Waals surface area contributed by atoms with E-state index in [0.717, 1.165) is 15.5 Å². The minimum absolute atomic E-state index is 0.198. The highest BCUT2D eigenvalue weighted by molar-refractivity contribution is 8.76. The van der Waals surface area contributed by atoms with Crippen molar-refractivity contribution in [2.24, 2.45) is 0 Å². The summed E-state index contributed by atoms with van der Waals surface area (Å²) in [5, 5.41) is 9.62. The minimum atomic E-state index is -2.74. The van der Waals surface area contributed by atoms with Crippen molar-refractivity contribution >= 4 is 38.6 Å². The van der Waals surface area contributed by atoms with E-state index >= 15 is 0 Å². The first kappa shape index (κ1) is 23.9. The number of pyridine rings is 1. The maximum absolute atomic E-state index is 14.0. The van der Waals surface area contributed by atoms with E-state index in [4.69, 9.17) is 4.98 Å². The van der Waals surface area contributed by atoms with Crippen molar-refractivity contribution in [1.82, 2.24) is 29.9 Å². The first-order chi connectivity index (χ1) is 16.7. The van der Waals surface area contributed by atoms with Crippen LogP contribution in [-0.2, 0) is 12.0 Å². The fourth-order valence-corrected chi connectivity index (χ4v) is 5.88. The third kappa shape index (κ3) is 5.25. The number of halogens is 2. The molecule has 1 aliphatic heterocycles. The molecule has 4 heterocycles. The van der Waals surface area contributed by atoms with Crippen molar-refractivity contribution in [3.63, 3.8) is 0 Å². The van der Waals surface area contributed by atoms with Gasteiger partial charge < -0.3 is 4.90 Å². The number of aromatic nitrogens is 6. The molecule has 1 fully saturated rings. The molecule has 0 N–H and O–H groups in total. The van der Waals surface area contributed by atoms with Crippen LogP contribution in [0.3, 0.4) is 0 Å². The van der Waals surface area contributed by atoms with Gasteiger partial charge in [-0.3, -0.25) is 0 Å². The maximum atomic E-state index is 14.0. The number of hydrogen-bond donors (Lipinski definition) is 0. The highest BCUT2D eigenvalue weighted by Crippen LogP contribution is 2.38. The van der Waals surface area contributed by atoms with Crippen LogP contribution in [0.4, 0.5) is 14.6 Å². The molecule has 0 bridgehead atoms. The summed E-state index contributed by atoms with van der Waals surface area (Å²) in [4.78, 5) is 16.5. The molecule has 11 heteroatoms. The molecule has 0 atom stereocenters. The standard InChI is InChI=1S/C24H25F2N7S2/c1-23(2,3)22-28-20(32-13-11-24(25,26)15-32)19-21(29-22)33(31-30-19)14-16-8-4-5-9-17(16)34-35-18-10-6-7-12-27-18/h4-10,12H,11,13-15H2,1-3H3. The van der Waals surface area contributed by atoms with Crippen LogP contribution in [0.15, 0.2) is 58.6 Å². The van der Waals surface area contributed by atoms with E-state index in [1.165, 1.54) is 0 Å². The van der Waals surface area contributed by atoms with Crippen LogP contribution in [0.5, 0.6) is 0 Å². The zero-order valence-electron chi connectivity index (χ0n) is 19.7. The zero-order valence-corrected chi connectivity index (χ0v) is 21.3. The molecule has 7 nitrogen and oxygen atoms in total. The molecule has 4 aromatic rings. The van der Waals surface area contributed by atoms with E-state index in [1.807, 2.05) is 57.2 Å². The lowest BCUT2D eigenvalue weighted by Gasteiger charge is -2.22. The Balaban J connectivity index is 1.50. The van der Waals surface area contributed by atoms with Gasteiger partial charge in [0, 0.05) is 29.5 Å². The van der Waals surface area contributed by atoms with Crippen LogP contribution in [-0.4, -0.2) is 49.0 Å². The topological polar surface area (TPSA) is 72.6 Å². The minimum Gasteiger partial charge on any atom is -0.348 e. The molecule has 1 saturated heterocycles. The largest absolute Gasteiger partial charge is 0.348 e. The van der Waals surface area contributed by atoms with Gasteiger partial charge in [0.15, 0.2) is 17.0 Å². The van der Waals surface area contributed by atoms with E-state index < -0.39 is 5.92 Å². The number of anilines is 1. The fourth-order valence-electron chi connectivity index (χ4n) is 3.78. The molecule has 0 saturated carbocycles. The van der Waals surface area contributed by atoms with Crippen LogP contribution >= 0.6 is 21.6 Å². The van der Waals surface area contributed by atoms with Gasteiger partial charge in [0.25, 0.3) is 5.92 Å². The lowest BCUT2D eigenvalue weighted by Crippen LogP contribution is -2.27. The van der Waals surface area contributed by atoms with Gasteiger partial charge in [-0.2, -0.15) is 0 Å². The van der Waals surface area contributed by atoms with Crippen molar-refractivity contribution in [1.29, 1.82) is 0 Å². The Labute approximate surface area is 210 Å². The van der Waals surface area contributed by atoms with Gasteiger partial charge >= 0.3 is 0 Å². The summed E-state index contributed by atoms with van der Waals surface area (Å²) >= 11 is 0. The summed E-state index contributed by atoms with van der Waals surface area (Å²) in [6, 6.07) is 13.9. The summed E-state index contributed by atoms with van der Waals surface area (Å²) in [6.45, 7) is 6.31. The second kappa shape index (κ2) is 9.34. The smallest absolute Gasteiger partial charge is 0.266 e. The van der Waals surface area contributed by atoms with Crippen molar-refractivity contribution in [2.75, 3.05) is 18.0 Å². The average Bonchev–Trinajstić information content (AvgIpc) is 3.40. The van der Waals surface area contributed by atoms with Crippen LogP contribution in [0.1, 0.15) is 38.6 Å². The van der Waals surface area contributed by atoms with Gasteiger partial charge in [-0.15, -0.1) is 5.10 Å². The molecule has 0 radical (unpaired) electrons. The van der Waals surface area contributed by atoms with Crippen molar-refractivity contribution in [3.05, 3.63) is 60.0 Å². The normalized spacial score (nSPS) is 15.7. The van der Waals surface area contributed by atoms with E-state index in [2.05, 4.69) is 26.3 Å². The number of alkyl halides is 2. The average molecular weight is 514 g/mol. The first-order valence-corrected chi connectivity index (χ1v) is 13.4. The lowest BCUT2D eigenvalue weighted by atomic mass is 9.96. The Morgan fingerprint density at radius 3 is 2.54 bits per heavy atom. The highest BCUT2D eigenvalue weighted by Gasteiger charge is 2.40. The van der Waals surface area contributed by atoms with Crippen molar-refractivity contribution in [3.8, 4) is 0 Å². The summed E-state index contributed by atoms with van der Waals surface area (Å²) < 4.78 is 29.8. The molecule has 0 spiro atoms. The molecule has 0 amide bonds. The lowest BCUT2D eigenvalue weighted by molar-refractivity contribution is 0.0257. The third-order valence-corrected chi connectivity index (χ3v) is 8.01. The van der Waals surface area contributed by atoms with Gasteiger partial charge in [0.2, 0.25) is 0 Å². The number of benzene rings is 1. The number of rotatable bonds is 6. The predicted octanol–water partition coefficient (Wildman–Crippen LogP) is 5.61. The summed E-state index contributed by atoms with van der Waals surface area (Å²) in [5.74, 6) is -1.74.